The molecule has 3 heterocycles. The predicted octanol–water partition coefficient (Wildman–Crippen LogP) is 2.27. The molecule has 2 aliphatic heterocycles. The Labute approximate surface area is 160 Å². The van der Waals surface area contributed by atoms with E-state index in [1.54, 1.807) is 12.4 Å². The van der Waals surface area contributed by atoms with Gasteiger partial charge in [-0.2, -0.15) is 0 Å². The number of nitrogens with zero attached hydrogens (tertiary/aromatic N) is 3. The fraction of sp³-hybridized carbons (Fsp3) is 0.600. The maximum Gasteiger partial charge on any atom is 0.269 e. The van der Waals surface area contributed by atoms with Crippen molar-refractivity contribution in [2.45, 2.75) is 58.1 Å². The Balaban J connectivity index is 1.56. The van der Waals surface area contributed by atoms with Gasteiger partial charge in [-0.15, -0.1) is 0 Å². The molecule has 0 radical (unpaired) electrons. The van der Waals surface area contributed by atoms with Gasteiger partial charge in [0.05, 0.1) is 6.54 Å². The van der Waals surface area contributed by atoms with Crippen molar-refractivity contribution in [2.24, 2.45) is 11.1 Å². The number of carbonyl (C=O) groups is 2. The topological polar surface area (TPSA) is 83.9 Å². The van der Waals surface area contributed by atoms with Gasteiger partial charge < -0.3 is 15.1 Å². The average molecular weight is 372 g/mol. The molecule has 1 unspecified atom stereocenters. The van der Waals surface area contributed by atoms with Crippen molar-refractivity contribution in [1.29, 1.82) is 0 Å². The van der Waals surface area contributed by atoms with Crippen LogP contribution in [0.1, 0.15) is 51.5 Å². The van der Waals surface area contributed by atoms with E-state index in [1.807, 2.05) is 30.9 Å². The third-order valence-electron chi connectivity index (χ3n) is 5.46. The van der Waals surface area contributed by atoms with Gasteiger partial charge in [-0.05, 0) is 37.3 Å². The second-order valence-electron chi connectivity index (χ2n) is 7.41. The molecular weight excluding hydrogens is 344 g/mol. The van der Waals surface area contributed by atoms with Gasteiger partial charge in [-0.1, -0.05) is 25.1 Å². The predicted molar refractivity (Wildman–Crippen MR) is 102 cm³/mol. The van der Waals surface area contributed by atoms with Crippen LogP contribution in [-0.4, -0.2) is 46.1 Å². The minimum atomic E-state index is -0.555. The zero-order chi connectivity index (χ0) is 19.3. The highest BCUT2D eigenvalue weighted by molar-refractivity contribution is 6.39. The van der Waals surface area contributed by atoms with Crippen LogP contribution in [-0.2, 0) is 21.0 Å². The molecule has 1 N–H and O–H groups in total. The van der Waals surface area contributed by atoms with Crippen molar-refractivity contribution in [1.82, 2.24) is 15.2 Å². The maximum atomic E-state index is 12.7. The number of amides is 2. The minimum Gasteiger partial charge on any atom is -0.386 e. The zero-order valence-electron chi connectivity index (χ0n) is 16.1. The Bertz CT molecular complexity index is 702. The lowest BCUT2D eigenvalue weighted by molar-refractivity contribution is -0.145. The monoisotopic (exact) mass is 372 g/mol. The first-order chi connectivity index (χ1) is 13.1. The largest absolute Gasteiger partial charge is 0.386 e. The highest BCUT2D eigenvalue weighted by Gasteiger charge is 2.46. The fourth-order valence-corrected chi connectivity index (χ4v) is 3.83. The summed E-state index contributed by atoms with van der Waals surface area (Å²) in [5.41, 5.74) is 0.774. The van der Waals surface area contributed by atoms with E-state index in [0.717, 1.165) is 37.8 Å². The van der Waals surface area contributed by atoms with Crippen LogP contribution in [0.15, 0.2) is 29.7 Å². The molecule has 1 spiro atoms. The van der Waals surface area contributed by atoms with Gasteiger partial charge in [0.25, 0.3) is 5.91 Å². The summed E-state index contributed by atoms with van der Waals surface area (Å²) >= 11 is 0. The lowest BCUT2D eigenvalue weighted by Gasteiger charge is -2.39. The third-order valence-corrected chi connectivity index (χ3v) is 5.46. The third kappa shape index (κ3) is 4.46. The lowest BCUT2D eigenvalue weighted by Crippen LogP contribution is -2.52. The Morgan fingerprint density at radius 1 is 1.37 bits per heavy atom. The van der Waals surface area contributed by atoms with Crippen LogP contribution >= 0.6 is 0 Å². The molecule has 7 nitrogen and oxygen atoms in total. The van der Waals surface area contributed by atoms with Gasteiger partial charge in [0.2, 0.25) is 5.91 Å². The maximum absolute atomic E-state index is 12.7. The first-order valence-electron chi connectivity index (χ1n) is 9.78. The molecule has 2 aliphatic rings. The second kappa shape index (κ2) is 8.50. The number of rotatable bonds is 6. The van der Waals surface area contributed by atoms with Crippen LogP contribution in [0.25, 0.3) is 0 Å². The lowest BCUT2D eigenvalue weighted by atomic mass is 9.87. The molecule has 27 heavy (non-hydrogen) atoms. The smallest absolute Gasteiger partial charge is 0.269 e. The molecule has 1 atom stereocenters. The van der Waals surface area contributed by atoms with E-state index in [-0.39, 0.29) is 17.7 Å². The first-order valence-corrected chi connectivity index (χ1v) is 9.78. The van der Waals surface area contributed by atoms with Crippen molar-refractivity contribution in [2.75, 3.05) is 13.1 Å². The van der Waals surface area contributed by atoms with E-state index in [2.05, 4.69) is 15.5 Å². The van der Waals surface area contributed by atoms with Crippen molar-refractivity contribution in [3.05, 3.63) is 30.1 Å². The van der Waals surface area contributed by atoms with E-state index >= 15 is 0 Å². The first kappa shape index (κ1) is 19.3. The summed E-state index contributed by atoms with van der Waals surface area (Å²) in [5.74, 6) is 0.0287. The van der Waals surface area contributed by atoms with Crippen molar-refractivity contribution < 1.29 is 14.4 Å². The summed E-state index contributed by atoms with van der Waals surface area (Å²) in [4.78, 5) is 36.8. The zero-order valence-corrected chi connectivity index (χ0v) is 16.1. The van der Waals surface area contributed by atoms with Crippen molar-refractivity contribution >= 4 is 17.5 Å². The summed E-state index contributed by atoms with van der Waals surface area (Å²) < 4.78 is 0. The highest BCUT2D eigenvalue weighted by Crippen LogP contribution is 2.34. The molecule has 1 aromatic rings. The number of nitrogens with one attached hydrogen (secondary N) is 1. The van der Waals surface area contributed by atoms with Crippen LogP contribution < -0.4 is 5.32 Å². The summed E-state index contributed by atoms with van der Waals surface area (Å²) in [6.45, 7) is 5.75. The van der Waals surface area contributed by atoms with E-state index in [0.29, 0.717) is 25.2 Å². The molecule has 146 valence electrons. The molecule has 1 fully saturated rings. The Kier molecular flexibility index (Phi) is 6.08. The van der Waals surface area contributed by atoms with E-state index in [1.165, 1.54) is 0 Å². The number of oxime groups is 1. The second-order valence-corrected chi connectivity index (χ2v) is 7.41. The van der Waals surface area contributed by atoms with E-state index in [4.69, 9.17) is 4.84 Å². The number of pyridine rings is 1. The van der Waals surface area contributed by atoms with Gasteiger partial charge in [0, 0.05) is 37.8 Å². The van der Waals surface area contributed by atoms with Crippen LogP contribution in [0.2, 0.25) is 0 Å². The van der Waals surface area contributed by atoms with Gasteiger partial charge in [0.15, 0.2) is 5.60 Å². The number of likely N-dealkylation sites (tertiary alicyclic amines) is 1. The molecule has 1 aromatic heterocycles. The molecule has 0 saturated carbocycles. The molecule has 7 heteroatoms. The highest BCUT2D eigenvalue weighted by atomic mass is 16.7. The molecule has 0 aromatic carbocycles. The average Bonchev–Trinajstić information content (AvgIpc) is 3.11. The SMILES string of the molecule is CCC(CC)C(=O)N1CCCC2(CC(C(=O)NCc3cccnc3)=NO2)C1. The molecule has 1 saturated heterocycles. The summed E-state index contributed by atoms with van der Waals surface area (Å²) in [6.07, 6.45) is 7.22. The van der Waals surface area contributed by atoms with E-state index in [9.17, 15) is 9.59 Å². The molecule has 0 aliphatic carbocycles. The van der Waals surface area contributed by atoms with Gasteiger partial charge in [-0.25, -0.2) is 0 Å². The summed E-state index contributed by atoms with van der Waals surface area (Å²) in [5, 5.41) is 6.92. The molecule has 3 rings (SSSR count). The van der Waals surface area contributed by atoms with E-state index < -0.39 is 5.60 Å². The van der Waals surface area contributed by atoms with Crippen molar-refractivity contribution in [3.8, 4) is 0 Å². The van der Waals surface area contributed by atoms with Gasteiger partial charge in [0.1, 0.15) is 5.71 Å². The number of hydrogen-bond donors (Lipinski definition) is 1. The summed E-state index contributed by atoms with van der Waals surface area (Å²) in [7, 11) is 0. The fourth-order valence-electron chi connectivity index (χ4n) is 3.83. The number of aromatic nitrogens is 1. The molecule has 0 bridgehead atoms. The van der Waals surface area contributed by atoms with Crippen LogP contribution in [0.3, 0.4) is 0 Å². The minimum absolute atomic E-state index is 0.0599. The van der Waals surface area contributed by atoms with Crippen LogP contribution in [0, 0.1) is 5.92 Å². The normalized spacial score (nSPS) is 21.9. The quantitative estimate of drug-likeness (QED) is 0.830. The molecule has 2 amide bonds. The Morgan fingerprint density at radius 3 is 2.89 bits per heavy atom. The van der Waals surface area contributed by atoms with Crippen molar-refractivity contribution in [3.63, 3.8) is 0 Å². The Morgan fingerprint density at radius 2 is 2.19 bits per heavy atom. The number of hydrogen-bond acceptors (Lipinski definition) is 5. The standard InChI is InChI=1S/C20H28N4O3/c1-3-16(4-2)19(26)24-10-6-8-20(14-24)11-17(23-27-20)18(25)22-13-15-7-5-9-21-12-15/h5,7,9,12,16H,3-4,6,8,10-11,13-14H2,1-2H3,(H,22,25). The van der Waals surface area contributed by atoms with Crippen LogP contribution in [0.4, 0.5) is 0 Å². The summed E-state index contributed by atoms with van der Waals surface area (Å²) in [6, 6.07) is 3.74. The van der Waals surface area contributed by atoms with Gasteiger partial charge >= 0.3 is 0 Å². The number of piperidine rings is 1. The Hall–Kier alpha value is -2.44. The molecular formula is C20H28N4O3. The number of carbonyl (C=O) groups excluding carboxylic acids is 2. The van der Waals surface area contributed by atoms with Gasteiger partial charge in [-0.3, -0.25) is 14.6 Å². The van der Waals surface area contributed by atoms with Crippen LogP contribution in [0.5, 0.6) is 0 Å².